The summed E-state index contributed by atoms with van der Waals surface area (Å²) in [4.78, 5) is 26.3. The Kier molecular flexibility index (Phi) is 7.45. The van der Waals surface area contributed by atoms with Crippen LogP contribution in [0.4, 0.5) is 11.4 Å². The van der Waals surface area contributed by atoms with Crippen molar-refractivity contribution in [2.45, 2.75) is 51.6 Å². The maximum Gasteiger partial charge on any atom is 0.245 e. The van der Waals surface area contributed by atoms with Crippen molar-refractivity contribution in [2.75, 3.05) is 62.7 Å². The monoisotopic (exact) mass is 590 g/mol. The molecule has 5 heterocycles. The van der Waals surface area contributed by atoms with Crippen molar-refractivity contribution < 1.29 is 9.53 Å². The number of likely N-dealkylation sites (N-methyl/N-ethyl adjacent to an activating group) is 1. The molecule has 0 bridgehead atoms. The van der Waals surface area contributed by atoms with E-state index in [1.54, 1.807) is 0 Å². The number of benzene rings is 2. The molecule has 4 aliphatic rings. The molecule has 228 valence electrons. The average molecular weight is 591 g/mol. The summed E-state index contributed by atoms with van der Waals surface area (Å²) >= 11 is 0. The maximum absolute atomic E-state index is 12.1. The Morgan fingerprint density at radius 3 is 2.61 bits per heavy atom. The van der Waals surface area contributed by atoms with E-state index < -0.39 is 0 Å². The highest BCUT2D eigenvalue weighted by Gasteiger charge is 2.47. The molecule has 3 aromatic rings. The first-order valence-electron chi connectivity index (χ1n) is 16.1. The lowest BCUT2D eigenvalue weighted by Crippen LogP contribution is -2.61. The number of aryl methyl sites for hydroxylation is 1. The fraction of sp³-hybridized carbons (Fsp3) is 0.472. The lowest BCUT2D eigenvalue weighted by molar-refractivity contribution is -0.139. The lowest BCUT2D eigenvalue weighted by atomic mass is 9.71. The van der Waals surface area contributed by atoms with E-state index in [0.29, 0.717) is 30.6 Å². The number of ether oxygens (including phenoxy) is 1. The smallest absolute Gasteiger partial charge is 0.245 e. The number of aromatic nitrogens is 1. The van der Waals surface area contributed by atoms with E-state index in [4.69, 9.17) is 9.72 Å². The van der Waals surface area contributed by atoms with Crippen LogP contribution >= 0.6 is 0 Å². The Hall–Kier alpha value is -4.09. The molecule has 2 aromatic carbocycles. The molecule has 0 radical (unpaired) electrons. The van der Waals surface area contributed by atoms with Crippen LogP contribution < -0.4 is 14.5 Å². The summed E-state index contributed by atoms with van der Waals surface area (Å²) in [6.07, 6.45) is 6.51. The van der Waals surface area contributed by atoms with Crippen LogP contribution in [-0.2, 0) is 17.8 Å². The molecule has 44 heavy (non-hydrogen) atoms. The van der Waals surface area contributed by atoms with Crippen LogP contribution in [0.15, 0.2) is 49.1 Å². The molecule has 0 aliphatic carbocycles. The fourth-order valence-corrected chi connectivity index (χ4v) is 8.00. The largest absolute Gasteiger partial charge is 0.475 e. The lowest BCUT2D eigenvalue weighted by Gasteiger charge is -2.54. The van der Waals surface area contributed by atoms with Gasteiger partial charge in [0, 0.05) is 60.8 Å². The van der Waals surface area contributed by atoms with Gasteiger partial charge < -0.3 is 24.3 Å². The third-order valence-corrected chi connectivity index (χ3v) is 10.6. The number of likely N-dealkylation sites (tertiary alicyclic amines) is 2. The van der Waals surface area contributed by atoms with Crippen LogP contribution in [0.1, 0.15) is 48.1 Å². The van der Waals surface area contributed by atoms with E-state index in [1.807, 2.05) is 4.90 Å². The topological polar surface area (TPSA) is 75.9 Å². The summed E-state index contributed by atoms with van der Waals surface area (Å²) in [5, 5.41) is 13.1. The number of amides is 1. The van der Waals surface area contributed by atoms with Crippen LogP contribution in [0.5, 0.6) is 5.88 Å². The molecule has 1 amide bonds. The number of piperidine rings is 1. The Labute approximate surface area is 260 Å². The van der Waals surface area contributed by atoms with Crippen molar-refractivity contribution in [1.82, 2.24) is 14.8 Å². The first kappa shape index (κ1) is 28.7. The second-order valence-electron chi connectivity index (χ2n) is 13.3. The summed E-state index contributed by atoms with van der Waals surface area (Å²) in [6, 6.07) is 15.9. The van der Waals surface area contributed by atoms with Crippen LogP contribution in [0, 0.1) is 23.7 Å². The zero-order valence-corrected chi connectivity index (χ0v) is 26.0. The molecule has 1 aromatic heterocycles. The van der Waals surface area contributed by atoms with E-state index in [-0.39, 0.29) is 11.3 Å². The number of rotatable bonds is 6. The second-order valence-corrected chi connectivity index (χ2v) is 13.3. The van der Waals surface area contributed by atoms with E-state index >= 15 is 0 Å². The highest BCUT2D eigenvalue weighted by molar-refractivity contribution is 5.97. The number of hydrogen-bond donors (Lipinski definition) is 0. The number of nitrogens with zero attached hydrogens (tertiary/aromatic N) is 6. The number of nitriles is 1. The highest BCUT2D eigenvalue weighted by atomic mass is 16.5. The minimum atomic E-state index is 0.0219. The van der Waals surface area contributed by atoms with Gasteiger partial charge in [-0.3, -0.25) is 4.79 Å². The van der Waals surface area contributed by atoms with Gasteiger partial charge in [0.15, 0.2) is 0 Å². The molecule has 1 atom stereocenters. The first-order chi connectivity index (χ1) is 21.4. The van der Waals surface area contributed by atoms with Gasteiger partial charge in [0.2, 0.25) is 11.8 Å². The van der Waals surface area contributed by atoms with Gasteiger partial charge in [-0.1, -0.05) is 36.9 Å². The molecule has 0 unspecified atom stereocenters. The van der Waals surface area contributed by atoms with Crippen LogP contribution in [0.3, 0.4) is 0 Å². The van der Waals surface area contributed by atoms with E-state index in [1.165, 1.54) is 40.1 Å². The third-order valence-electron chi connectivity index (χ3n) is 10.6. The Balaban J connectivity index is 1.22. The molecule has 3 fully saturated rings. The summed E-state index contributed by atoms with van der Waals surface area (Å²) in [7, 11) is 2.15. The normalized spacial score (nSPS) is 21.2. The zero-order chi connectivity index (χ0) is 30.4. The van der Waals surface area contributed by atoms with Gasteiger partial charge in [0.25, 0.3) is 0 Å². The molecule has 0 N–H and O–H groups in total. The quantitative estimate of drug-likeness (QED) is 0.371. The van der Waals surface area contributed by atoms with E-state index in [9.17, 15) is 10.1 Å². The van der Waals surface area contributed by atoms with Gasteiger partial charge >= 0.3 is 0 Å². The summed E-state index contributed by atoms with van der Waals surface area (Å²) in [5.74, 6) is 0.498. The number of hydrogen-bond acceptors (Lipinski definition) is 7. The van der Waals surface area contributed by atoms with Gasteiger partial charge in [-0.2, -0.15) is 5.26 Å². The maximum atomic E-state index is 12.1. The SMILES string of the molecule is C=CC(=O)N1CC2(CCN(c3c(C#N)c(OC[C@@H]4CCCN4C)nc4c3CCN(c3cccc5cccc(C)c35)C4)CC2)C1. The first-order valence-corrected chi connectivity index (χ1v) is 16.1. The van der Waals surface area contributed by atoms with Crippen LogP contribution in [-0.4, -0.2) is 79.7 Å². The Morgan fingerprint density at radius 1 is 1.14 bits per heavy atom. The van der Waals surface area contributed by atoms with Crippen LogP contribution in [0.25, 0.3) is 10.8 Å². The highest BCUT2D eigenvalue weighted by Crippen LogP contribution is 2.45. The minimum absolute atomic E-state index is 0.0219. The fourth-order valence-electron chi connectivity index (χ4n) is 8.00. The van der Waals surface area contributed by atoms with Gasteiger partial charge in [0.05, 0.1) is 17.9 Å². The summed E-state index contributed by atoms with van der Waals surface area (Å²) in [5.41, 5.74) is 6.47. The average Bonchev–Trinajstić information content (AvgIpc) is 3.45. The third kappa shape index (κ3) is 4.97. The van der Waals surface area contributed by atoms with Gasteiger partial charge in [-0.15, -0.1) is 0 Å². The molecular formula is C36H42N6O2. The van der Waals surface area contributed by atoms with Gasteiger partial charge in [-0.25, -0.2) is 4.98 Å². The molecular weight excluding hydrogens is 548 g/mol. The molecule has 7 rings (SSSR count). The Bertz CT molecular complexity index is 1640. The zero-order valence-electron chi connectivity index (χ0n) is 26.0. The number of fused-ring (bicyclic) bond motifs is 2. The second kappa shape index (κ2) is 11.4. The minimum Gasteiger partial charge on any atom is -0.475 e. The number of anilines is 2. The predicted molar refractivity (Wildman–Crippen MR) is 174 cm³/mol. The van der Waals surface area contributed by atoms with Crippen LogP contribution in [0.2, 0.25) is 0 Å². The summed E-state index contributed by atoms with van der Waals surface area (Å²) < 4.78 is 6.46. The van der Waals surface area contributed by atoms with Crippen molar-refractivity contribution in [3.05, 3.63) is 71.4 Å². The van der Waals surface area contributed by atoms with E-state index in [2.05, 4.69) is 77.7 Å². The molecule has 4 aliphatic heterocycles. The predicted octanol–water partition coefficient (Wildman–Crippen LogP) is 5.07. The number of carbonyl (C=O) groups excluding carboxylic acids is 1. The molecule has 1 spiro atoms. The number of pyridine rings is 1. The van der Waals surface area contributed by atoms with Gasteiger partial charge in [0.1, 0.15) is 18.2 Å². The molecule has 3 saturated heterocycles. The van der Waals surface area contributed by atoms with Crippen molar-refractivity contribution in [3.63, 3.8) is 0 Å². The van der Waals surface area contributed by atoms with Gasteiger partial charge in [-0.05, 0) is 75.7 Å². The van der Waals surface area contributed by atoms with Crippen molar-refractivity contribution in [2.24, 2.45) is 5.41 Å². The van der Waals surface area contributed by atoms with Crippen molar-refractivity contribution >= 4 is 28.1 Å². The standard InChI is InChI=1S/C36H42N6O2/c1-4-32(43)42-23-36(24-42)14-18-40(19-15-36)34-28-13-17-41(31-12-6-10-26-9-5-8-25(2)33(26)31)21-30(28)38-35(29(34)20-37)44-22-27-11-7-16-39(27)3/h4-6,8-10,12,27H,1,7,11,13-19,21-24H2,2-3H3/t27-/m0/s1. The number of carbonyl (C=O) groups is 1. The van der Waals surface area contributed by atoms with E-state index in [0.717, 1.165) is 76.3 Å². The van der Waals surface area contributed by atoms with Crippen molar-refractivity contribution in [3.8, 4) is 11.9 Å². The Morgan fingerprint density at radius 2 is 1.91 bits per heavy atom. The molecule has 8 nitrogen and oxygen atoms in total. The molecule has 8 heteroatoms. The van der Waals surface area contributed by atoms with Crippen molar-refractivity contribution in [1.29, 1.82) is 5.26 Å². The molecule has 0 saturated carbocycles. The summed E-state index contributed by atoms with van der Waals surface area (Å²) in [6.45, 7) is 12.3.